The lowest BCUT2D eigenvalue weighted by Crippen LogP contribution is -2.30. The minimum absolute atomic E-state index is 0.0556. The number of hydrogen-bond acceptors (Lipinski definition) is 3. The third-order valence-electron chi connectivity index (χ3n) is 3.61. The molecule has 1 aliphatic rings. The smallest absolute Gasteiger partial charge is 0.255 e. The van der Waals surface area contributed by atoms with Gasteiger partial charge in [-0.1, -0.05) is 6.07 Å². The Morgan fingerprint density at radius 1 is 1.40 bits per heavy atom. The summed E-state index contributed by atoms with van der Waals surface area (Å²) in [6.07, 6.45) is 2.08. The molecule has 1 aliphatic heterocycles. The summed E-state index contributed by atoms with van der Waals surface area (Å²) in [7, 11) is 0. The van der Waals surface area contributed by atoms with Crippen LogP contribution in [0.25, 0.3) is 0 Å². The van der Waals surface area contributed by atoms with Crippen molar-refractivity contribution in [1.82, 2.24) is 4.90 Å². The van der Waals surface area contributed by atoms with Gasteiger partial charge in [0.25, 0.3) is 5.91 Å². The molecule has 3 nitrogen and oxygen atoms in total. The van der Waals surface area contributed by atoms with Gasteiger partial charge in [0.1, 0.15) is 0 Å². The minimum Gasteiger partial charge on any atom is -0.399 e. The molecular weight excluding hydrogens is 336 g/mol. The summed E-state index contributed by atoms with van der Waals surface area (Å²) in [6.45, 7) is 0.808. The van der Waals surface area contributed by atoms with E-state index >= 15 is 0 Å². The summed E-state index contributed by atoms with van der Waals surface area (Å²) in [5, 5.41) is 2.06. The molecule has 1 atom stereocenters. The average Bonchev–Trinajstić information content (AvgIpc) is 3.10. The molecule has 1 aromatic heterocycles. The monoisotopic (exact) mass is 350 g/mol. The second kappa shape index (κ2) is 5.58. The quantitative estimate of drug-likeness (QED) is 0.829. The number of nitrogen functional groups attached to an aromatic ring is 1. The van der Waals surface area contributed by atoms with Crippen molar-refractivity contribution in [2.75, 3.05) is 12.3 Å². The molecule has 1 amide bonds. The number of anilines is 1. The lowest BCUT2D eigenvalue weighted by atomic mass is 10.1. The van der Waals surface area contributed by atoms with E-state index in [2.05, 4.69) is 27.4 Å². The van der Waals surface area contributed by atoms with Gasteiger partial charge in [0, 0.05) is 21.6 Å². The minimum atomic E-state index is 0.0556. The van der Waals surface area contributed by atoms with Crippen LogP contribution in [0.15, 0.2) is 40.2 Å². The Kier molecular flexibility index (Phi) is 3.81. The Balaban J connectivity index is 1.91. The van der Waals surface area contributed by atoms with Crippen molar-refractivity contribution in [3.05, 3.63) is 50.6 Å². The van der Waals surface area contributed by atoms with Gasteiger partial charge in [0.2, 0.25) is 0 Å². The molecule has 2 aromatic rings. The second-order valence-corrected chi connectivity index (χ2v) is 6.74. The molecule has 1 aromatic carbocycles. The Morgan fingerprint density at radius 3 is 3.00 bits per heavy atom. The van der Waals surface area contributed by atoms with Crippen molar-refractivity contribution < 1.29 is 4.79 Å². The van der Waals surface area contributed by atoms with Crippen LogP contribution < -0.4 is 5.73 Å². The van der Waals surface area contributed by atoms with E-state index in [1.165, 1.54) is 4.88 Å². The van der Waals surface area contributed by atoms with Crippen LogP contribution in [0.4, 0.5) is 5.69 Å². The molecule has 0 radical (unpaired) electrons. The van der Waals surface area contributed by atoms with Gasteiger partial charge < -0.3 is 10.6 Å². The van der Waals surface area contributed by atoms with E-state index in [-0.39, 0.29) is 11.9 Å². The maximum absolute atomic E-state index is 12.8. The molecule has 0 bridgehead atoms. The Hall–Kier alpha value is -1.33. The highest BCUT2D eigenvalue weighted by molar-refractivity contribution is 9.10. The summed E-state index contributed by atoms with van der Waals surface area (Å²) in [5.41, 5.74) is 7.06. The van der Waals surface area contributed by atoms with Gasteiger partial charge in [0.15, 0.2) is 0 Å². The zero-order valence-corrected chi connectivity index (χ0v) is 13.3. The maximum atomic E-state index is 12.8. The number of nitrogens with zero attached hydrogens (tertiary/aromatic N) is 1. The highest BCUT2D eigenvalue weighted by Gasteiger charge is 2.31. The predicted molar refractivity (Wildman–Crippen MR) is 85.9 cm³/mol. The van der Waals surface area contributed by atoms with Crippen molar-refractivity contribution in [3.63, 3.8) is 0 Å². The molecule has 1 unspecified atom stereocenters. The zero-order valence-electron chi connectivity index (χ0n) is 10.9. The van der Waals surface area contributed by atoms with Crippen molar-refractivity contribution >= 4 is 38.9 Å². The third kappa shape index (κ3) is 2.47. The van der Waals surface area contributed by atoms with E-state index in [0.29, 0.717) is 11.3 Å². The van der Waals surface area contributed by atoms with Gasteiger partial charge in [-0.3, -0.25) is 4.79 Å². The fourth-order valence-corrected chi connectivity index (χ4v) is 3.94. The van der Waals surface area contributed by atoms with Gasteiger partial charge in [-0.2, -0.15) is 0 Å². The van der Waals surface area contributed by atoms with E-state index in [1.54, 1.807) is 23.5 Å². The SMILES string of the molecule is Nc1ccc(Br)c(C(=O)N2CCCC2c2cccs2)c1. The first-order valence-electron chi connectivity index (χ1n) is 6.56. The fourth-order valence-electron chi connectivity index (χ4n) is 2.65. The van der Waals surface area contributed by atoms with Crippen LogP contribution in [0.2, 0.25) is 0 Å². The highest BCUT2D eigenvalue weighted by Crippen LogP contribution is 2.36. The van der Waals surface area contributed by atoms with Gasteiger partial charge in [0.05, 0.1) is 11.6 Å². The molecule has 2 N–H and O–H groups in total. The van der Waals surface area contributed by atoms with Crippen LogP contribution in [0.1, 0.15) is 34.1 Å². The Bertz CT molecular complexity index is 627. The summed E-state index contributed by atoms with van der Waals surface area (Å²) >= 11 is 5.16. The van der Waals surface area contributed by atoms with E-state index < -0.39 is 0 Å². The molecule has 3 rings (SSSR count). The van der Waals surface area contributed by atoms with Crippen molar-refractivity contribution in [1.29, 1.82) is 0 Å². The van der Waals surface area contributed by atoms with Gasteiger partial charge >= 0.3 is 0 Å². The molecule has 1 fully saturated rings. The van der Waals surface area contributed by atoms with Crippen molar-refractivity contribution in [2.45, 2.75) is 18.9 Å². The number of likely N-dealkylation sites (tertiary alicyclic amines) is 1. The van der Waals surface area contributed by atoms with Crippen LogP contribution in [-0.4, -0.2) is 17.4 Å². The zero-order chi connectivity index (χ0) is 14.1. The van der Waals surface area contributed by atoms with Crippen molar-refractivity contribution in [2.24, 2.45) is 0 Å². The molecule has 1 saturated heterocycles. The van der Waals surface area contributed by atoms with Gasteiger partial charge in [-0.05, 0) is 58.4 Å². The number of hydrogen-bond donors (Lipinski definition) is 1. The number of halogens is 1. The topological polar surface area (TPSA) is 46.3 Å². The lowest BCUT2D eigenvalue weighted by Gasteiger charge is -2.24. The normalized spacial score (nSPS) is 18.4. The molecule has 20 heavy (non-hydrogen) atoms. The third-order valence-corrected chi connectivity index (χ3v) is 5.27. The average molecular weight is 351 g/mol. The predicted octanol–water partition coefficient (Wildman–Crippen LogP) is 4.07. The van der Waals surface area contributed by atoms with E-state index in [1.807, 2.05) is 17.0 Å². The first-order valence-corrected chi connectivity index (χ1v) is 8.23. The van der Waals surface area contributed by atoms with E-state index in [4.69, 9.17) is 5.73 Å². The molecule has 5 heteroatoms. The van der Waals surface area contributed by atoms with Crippen LogP contribution in [-0.2, 0) is 0 Å². The summed E-state index contributed by atoms with van der Waals surface area (Å²) in [4.78, 5) is 16.0. The highest BCUT2D eigenvalue weighted by atomic mass is 79.9. The number of nitrogens with two attached hydrogens (primary N) is 1. The fraction of sp³-hybridized carbons (Fsp3) is 0.267. The summed E-state index contributed by atoms with van der Waals surface area (Å²) in [6, 6.07) is 9.72. The Labute approximate surface area is 130 Å². The number of carbonyl (C=O) groups excluding carboxylic acids is 1. The van der Waals surface area contributed by atoms with Crippen LogP contribution in [0.5, 0.6) is 0 Å². The van der Waals surface area contributed by atoms with E-state index in [9.17, 15) is 4.79 Å². The first kappa shape index (κ1) is 13.6. The molecule has 104 valence electrons. The first-order chi connectivity index (χ1) is 9.66. The van der Waals surface area contributed by atoms with Crippen molar-refractivity contribution in [3.8, 4) is 0 Å². The van der Waals surface area contributed by atoms with Gasteiger partial charge in [-0.15, -0.1) is 11.3 Å². The summed E-state index contributed by atoms with van der Waals surface area (Å²) < 4.78 is 0.800. The number of benzene rings is 1. The summed E-state index contributed by atoms with van der Waals surface area (Å²) in [5.74, 6) is 0.0556. The number of thiophene rings is 1. The van der Waals surface area contributed by atoms with Crippen LogP contribution in [0, 0.1) is 0 Å². The van der Waals surface area contributed by atoms with Crippen LogP contribution in [0.3, 0.4) is 0 Å². The second-order valence-electron chi connectivity index (χ2n) is 4.91. The molecular formula is C15H15BrN2OS. The molecule has 0 spiro atoms. The number of rotatable bonds is 2. The standard InChI is InChI=1S/C15H15BrN2OS/c16-12-6-5-10(17)9-11(12)15(19)18-7-1-3-13(18)14-4-2-8-20-14/h2,4-6,8-9,13H,1,3,7,17H2. The molecule has 0 aliphatic carbocycles. The Morgan fingerprint density at radius 2 is 2.25 bits per heavy atom. The largest absolute Gasteiger partial charge is 0.399 e. The lowest BCUT2D eigenvalue weighted by molar-refractivity contribution is 0.0737. The van der Waals surface area contributed by atoms with Gasteiger partial charge in [-0.25, -0.2) is 0 Å². The number of carbonyl (C=O) groups is 1. The molecule has 2 heterocycles. The molecule has 0 saturated carbocycles. The van der Waals surface area contributed by atoms with Crippen LogP contribution >= 0.6 is 27.3 Å². The number of amides is 1. The van der Waals surface area contributed by atoms with E-state index in [0.717, 1.165) is 23.9 Å². The maximum Gasteiger partial charge on any atom is 0.255 e.